The lowest BCUT2D eigenvalue weighted by Crippen LogP contribution is -2.44. The van der Waals surface area contributed by atoms with E-state index in [-0.39, 0.29) is 48.4 Å². The highest BCUT2D eigenvalue weighted by atomic mass is 35.5. The number of halogens is 2. The minimum Gasteiger partial charge on any atom is -0.495 e. The number of benzene rings is 1. The Morgan fingerprint density at radius 3 is 2.55 bits per heavy atom. The monoisotopic (exact) mass is 626 g/mol. The number of nitrogens with one attached hydrogen (secondary N) is 2. The number of rotatable bonds is 10. The van der Waals surface area contributed by atoms with Gasteiger partial charge in [-0.3, -0.25) is 4.79 Å². The lowest BCUT2D eigenvalue weighted by atomic mass is 9.81. The standard InChI is InChI=1S/C28H40ClFN6O4S.CH4/c1-5-36-12-10-19(11-13-36)32-27(37)20-15-26(40-3)24(16-22(20)30)34-28-31-17-21(29)23(33-28)14-18-8-6-7-9-25(18)35(2)41(4,38)39;/h15-19,25H,5-14H2,1-4H3,(H,32,37)(H,31,33,34);1H4/t18-,25+;/m0./s1. The van der Waals surface area contributed by atoms with Crippen LogP contribution < -0.4 is 15.4 Å². The van der Waals surface area contributed by atoms with E-state index in [9.17, 15) is 13.2 Å². The number of anilines is 2. The van der Waals surface area contributed by atoms with Crippen molar-refractivity contribution in [1.82, 2.24) is 24.5 Å². The normalized spacial score (nSPS) is 20.2. The lowest BCUT2D eigenvalue weighted by molar-refractivity contribution is 0.0908. The molecule has 1 aromatic heterocycles. The molecule has 2 aromatic rings. The molecule has 2 N–H and O–H groups in total. The number of sulfonamides is 1. The first kappa shape index (κ1) is 34.0. The Morgan fingerprint density at radius 1 is 1.21 bits per heavy atom. The summed E-state index contributed by atoms with van der Waals surface area (Å²) in [6, 6.07) is 2.42. The predicted octanol–water partition coefficient (Wildman–Crippen LogP) is 4.86. The molecule has 1 aliphatic carbocycles. The van der Waals surface area contributed by atoms with Gasteiger partial charge in [0.15, 0.2) is 0 Å². The molecule has 10 nitrogen and oxygen atoms in total. The Labute approximate surface area is 254 Å². The maximum atomic E-state index is 15.2. The topological polar surface area (TPSA) is 117 Å². The number of carbonyl (C=O) groups excluding carboxylic acids is 1. The largest absolute Gasteiger partial charge is 0.495 e. The number of hydrogen-bond acceptors (Lipinski definition) is 8. The number of nitrogens with zero attached hydrogens (tertiary/aromatic N) is 4. The van der Waals surface area contributed by atoms with Gasteiger partial charge in [-0.25, -0.2) is 27.1 Å². The smallest absolute Gasteiger partial charge is 0.254 e. The molecule has 42 heavy (non-hydrogen) atoms. The molecular formula is C29H44ClFN6O4S. The van der Waals surface area contributed by atoms with E-state index in [0.717, 1.165) is 58.2 Å². The molecule has 0 spiro atoms. The molecule has 0 radical (unpaired) electrons. The molecule has 1 saturated carbocycles. The number of carbonyl (C=O) groups is 1. The van der Waals surface area contributed by atoms with E-state index < -0.39 is 21.7 Å². The molecule has 2 fully saturated rings. The fraction of sp³-hybridized carbons (Fsp3) is 0.621. The summed E-state index contributed by atoms with van der Waals surface area (Å²) >= 11 is 6.45. The van der Waals surface area contributed by atoms with Gasteiger partial charge in [-0.05, 0) is 50.6 Å². The van der Waals surface area contributed by atoms with Crippen LogP contribution in [0, 0.1) is 11.7 Å². The second-order valence-corrected chi connectivity index (χ2v) is 13.4. The second kappa shape index (κ2) is 14.8. The van der Waals surface area contributed by atoms with Crippen molar-refractivity contribution >= 4 is 39.2 Å². The fourth-order valence-electron chi connectivity index (χ4n) is 5.78. The first-order chi connectivity index (χ1) is 19.5. The van der Waals surface area contributed by atoms with E-state index in [1.807, 2.05) is 0 Å². The Bertz CT molecular complexity index is 1340. The first-order valence-electron chi connectivity index (χ1n) is 14.1. The van der Waals surface area contributed by atoms with E-state index in [1.165, 1.54) is 36.0 Å². The molecular weight excluding hydrogens is 583 g/mol. The van der Waals surface area contributed by atoms with Gasteiger partial charge in [-0.15, -0.1) is 0 Å². The van der Waals surface area contributed by atoms with Gasteiger partial charge >= 0.3 is 0 Å². The molecule has 2 heterocycles. The van der Waals surface area contributed by atoms with Crippen LogP contribution >= 0.6 is 11.6 Å². The van der Waals surface area contributed by atoms with Crippen molar-refractivity contribution in [2.75, 3.05) is 45.4 Å². The summed E-state index contributed by atoms with van der Waals surface area (Å²) < 4.78 is 46.5. The zero-order chi connectivity index (χ0) is 29.7. The highest BCUT2D eigenvalue weighted by molar-refractivity contribution is 7.88. The third-order valence-electron chi connectivity index (χ3n) is 8.28. The second-order valence-electron chi connectivity index (χ2n) is 10.9. The van der Waals surface area contributed by atoms with E-state index in [2.05, 4.69) is 32.4 Å². The van der Waals surface area contributed by atoms with Crippen LogP contribution in [0.15, 0.2) is 18.3 Å². The van der Waals surface area contributed by atoms with Gasteiger partial charge in [0.1, 0.15) is 11.6 Å². The average Bonchev–Trinajstić information content (AvgIpc) is 2.94. The zero-order valence-electron chi connectivity index (χ0n) is 24.1. The molecule has 1 saturated heterocycles. The fourth-order valence-corrected chi connectivity index (χ4v) is 6.71. The van der Waals surface area contributed by atoms with Gasteiger partial charge in [0.2, 0.25) is 16.0 Å². The van der Waals surface area contributed by atoms with Gasteiger partial charge < -0.3 is 20.3 Å². The average molecular weight is 627 g/mol. The SMILES string of the molecule is C.CCN1CCC(NC(=O)c2cc(OC)c(Nc3ncc(Cl)c(C[C@@H]4CCCC[C@H]4N(C)S(C)(=O)=O)n3)cc2F)CC1. The minimum absolute atomic E-state index is 0. The minimum atomic E-state index is -3.34. The van der Waals surface area contributed by atoms with Crippen molar-refractivity contribution in [3.63, 3.8) is 0 Å². The van der Waals surface area contributed by atoms with Crippen LogP contribution in [0.3, 0.4) is 0 Å². The number of aromatic nitrogens is 2. The number of ether oxygens (including phenoxy) is 1. The Hall–Kier alpha value is -2.54. The number of piperidine rings is 1. The Balaban J connectivity index is 0.00000484. The van der Waals surface area contributed by atoms with Crippen molar-refractivity contribution in [1.29, 1.82) is 0 Å². The highest BCUT2D eigenvalue weighted by Gasteiger charge is 2.33. The molecule has 2 aliphatic rings. The number of likely N-dealkylation sites (tertiary alicyclic amines) is 1. The predicted molar refractivity (Wildman–Crippen MR) is 165 cm³/mol. The quantitative estimate of drug-likeness (QED) is 0.384. The maximum absolute atomic E-state index is 15.2. The molecule has 234 valence electrons. The molecule has 4 rings (SSSR count). The van der Waals surface area contributed by atoms with Crippen molar-refractivity contribution in [2.45, 2.75) is 71.4 Å². The molecule has 1 aromatic carbocycles. The Morgan fingerprint density at radius 2 is 1.90 bits per heavy atom. The van der Waals surface area contributed by atoms with Gasteiger partial charge in [0.05, 0.1) is 41.5 Å². The summed E-state index contributed by atoms with van der Waals surface area (Å²) in [6.45, 7) is 4.88. The van der Waals surface area contributed by atoms with Crippen molar-refractivity contribution in [3.8, 4) is 5.75 Å². The van der Waals surface area contributed by atoms with Crippen LogP contribution in [-0.2, 0) is 16.4 Å². The lowest BCUT2D eigenvalue weighted by Gasteiger charge is -2.36. The summed E-state index contributed by atoms with van der Waals surface area (Å²) in [5.41, 5.74) is 0.743. The molecule has 0 bridgehead atoms. The van der Waals surface area contributed by atoms with Gasteiger partial charge in [-0.2, -0.15) is 0 Å². The van der Waals surface area contributed by atoms with Crippen LogP contribution in [0.4, 0.5) is 16.0 Å². The molecule has 1 aliphatic heterocycles. The molecule has 0 unspecified atom stereocenters. The molecule has 1 amide bonds. The van der Waals surface area contributed by atoms with Crippen LogP contribution in [0.2, 0.25) is 5.02 Å². The molecule has 2 atom stereocenters. The van der Waals surface area contributed by atoms with Crippen molar-refractivity contribution in [2.24, 2.45) is 5.92 Å². The number of methoxy groups -OCH3 is 1. The summed E-state index contributed by atoms with van der Waals surface area (Å²) in [6.07, 6.45) is 8.39. The van der Waals surface area contributed by atoms with Crippen LogP contribution in [-0.4, -0.2) is 85.6 Å². The third kappa shape index (κ3) is 8.30. The van der Waals surface area contributed by atoms with E-state index in [0.29, 0.717) is 17.1 Å². The highest BCUT2D eigenvalue weighted by Crippen LogP contribution is 2.34. The number of amides is 1. The van der Waals surface area contributed by atoms with Crippen LogP contribution in [0.25, 0.3) is 0 Å². The van der Waals surface area contributed by atoms with Crippen LogP contribution in [0.1, 0.15) is 68.9 Å². The van der Waals surface area contributed by atoms with Crippen molar-refractivity contribution in [3.05, 3.63) is 40.4 Å². The van der Waals surface area contributed by atoms with Gasteiger partial charge in [-0.1, -0.05) is 38.8 Å². The summed E-state index contributed by atoms with van der Waals surface area (Å²) in [7, 11) is -0.286. The number of hydrogen-bond donors (Lipinski definition) is 2. The van der Waals surface area contributed by atoms with Crippen molar-refractivity contribution < 1.29 is 22.3 Å². The van der Waals surface area contributed by atoms with Gasteiger partial charge in [0, 0.05) is 38.3 Å². The first-order valence-corrected chi connectivity index (χ1v) is 16.3. The third-order valence-corrected chi connectivity index (χ3v) is 9.91. The summed E-state index contributed by atoms with van der Waals surface area (Å²) in [5.74, 6) is -0.679. The van der Waals surface area contributed by atoms with E-state index >= 15 is 4.39 Å². The van der Waals surface area contributed by atoms with E-state index in [4.69, 9.17) is 16.3 Å². The summed E-state index contributed by atoms with van der Waals surface area (Å²) in [5, 5.41) is 6.32. The zero-order valence-corrected chi connectivity index (χ0v) is 25.7. The summed E-state index contributed by atoms with van der Waals surface area (Å²) in [4.78, 5) is 24.1. The molecule has 13 heteroatoms. The van der Waals surface area contributed by atoms with Gasteiger partial charge in [0.25, 0.3) is 5.91 Å². The van der Waals surface area contributed by atoms with E-state index in [1.54, 1.807) is 7.05 Å². The van der Waals surface area contributed by atoms with Crippen LogP contribution in [0.5, 0.6) is 5.75 Å². The maximum Gasteiger partial charge on any atom is 0.254 e. The Kier molecular flexibility index (Phi) is 11.9.